The largest absolute Gasteiger partial charge is 0.310 e. The van der Waals surface area contributed by atoms with Crippen molar-refractivity contribution in [3.8, 4) is 11.1 Å². The highest BCUT2D eigenvalue weighted by Crippen LogP contribution is 2.41. The smallest absolute Gasteiger partial charge is 0.0468 e. The van der Waals surface area contributed by atoms with E-state index >= 15 is 0 Å². The van der Waals surface area contributed by atoms with Gasteiger partial charge in [-0.05, 0) is 98.4 Å². The first-order valence-corrected chi connectivity index (χ1v) is 13.1. The maximum atomic E-state index is 2.35. The average molecular weight is 486 g/mol. The maximum Gasteiger partial charge on any atom is 0.0468 e. The zero-order valence-electron chi connectivity index (χ0n) is 21.3. The van der Waals surface area contributed by atoms with Crippen LogP contribution in [-0.2, 0) is 0 Å². The topological polar surface area (TPSA) is 3.24 Å². The molecule has 0 radical (unpaired) electrons. The van der Waals surface area contributed by atoms with E-state index in [0.717, 1.165) is 17.1 Å². The molecule has 0 fully saturated rings. The Balaban J connectivity index is 1.40. The third kappa shape index (κ3) is 3.72. The number of fused-ring (bicyclic) bond motifs is 3. The third-order valence-electron chi connectivity index (χ3n) is 7.60. The summed E-state index contributed by atoms with van der Waals surface area (Å²) in [4.78, 5) is 2.31. The Kier molecular flexibility index (Phi) is 5.41. The van der Waals surface area contributed by atoms with Crippen molar-refractivity contribution in [1.82, 2.24) is 0 Å². The minimum Gasteiger partial charge on any atom is -0.310 e. The monoisotopic (exact) mass is 485 g/mol. The molecular formula is C37H27N. The summed E-state index contributed by atoms with van der Waals surface area (Å²) in [6.45, 7) is 2.24. The first kappa shape index (κ1) is 22.3. The first-order chi connectivity index (χ1) is 18.8. The SMILES string of the molecule is Cc1c2ccccc2c(-c2ccc3cc(N(c4ccccc4)c4ccccc4)ccc3c2)c2ccccc12. The summed E-state index contributed by atoms with van der Waals surface area (Å²) in [7, 11) is 0. The van der Waals surface area contributed by atoms with Crippen molar-refractivity contribution in [3.05, 3.63) is 151 Å². The predicted octanol–water partition coefficient (Wildman–Crippen LogP) is 10.6. The van der Waals surface area contributed by atoms with E-state index < -0.39 is 0 Å². The summed E-state index contributed by atoms with van der Waals surface area (Å²) in [6.07, 6.45) is 0. The van der Waals surface area contributed by atoms with Crippen LogP contribution in [0.4, 0.5) is 17.1 Å². The Labute approximate surface area is 223 Å². The molecule has 0 atom stereocenters. The molecule has 0 aromatic heterocycles. The van der Waals surface area contributed by atoms with Gasteiger partial charge in [0.1, 0.15) is 0 Å². The molecule has 0 aliphatic carbocycles. The maximum absolute atomic E-state index is 2.35. The number of nitrogens with zero attached hydrogens (tertiary/aromatic N) is 1. The fourth-order valence-electron chi connectivity index (χ4n) is 5.79. The van der Waals surface area contributed by atoms with Crippen LogP contribution in [-0.4, -0.2) is 0 Å². The summed E-state index contributed by atoms with van der Waals surface area (Å²) >= 11 is 0. The van der Waals surface area contributed by atoms with E-state index in [-0.39, 0.29) is 0 Å². The lowest BCUT2D eigenvalue weighted by molar-refractivity contribution is 1.29. The zero-order valence-corrected chi connectivity index (χ0v) is 21.3. The molecule has 0 N–H and O–H groups in total. The van der Waals surface area contributed by atoms with Gasteiger partial charge < -0.3 is 4.90 Å². The average Bonchev–Trinajstić information content (AvgIpc) is 2.99. The van der Waals surface area contributed by atoms with Gasteiger partial charge in [-0.25, -0.2) is 0 Å². The van der Waals surface area contributed by atoms with E-state index in [0.29, 0.717) is 0 Å². The lowest BCUT2D eigenvalue weighted by Gasteiger charge is -2.25. The second-order valence-corrected chi connectivity index (χ2v) is 9.84. The summed E-state index contributed by atoms with van der Waals surface area (Å²) in [6, 6.07) is 52.4. The first-order valence-electron chi connectivity index (χ1n) is 13.1. The number of aryl methyl sites for hydroxylation is 1. The molecule has 1 heteroatoms. The molecule has 0 unspecified atom stereocenters. The van der Waals surface area contributed by atoms with Crippen molar-refractivity contribution < 1.29 is 0 Å². The minimum atomic E-state index is 1.15. The van der Waals surface area contributed by atoms with Crippen LogP contribution in [0.3, 0.4) is 0 Å². The highest BCUT2D eigenvalue weighted by molar-refractivity contribution is 6.15. The van der Waals surface area contributed by atoms with E-state index in [1.54, 1.807) is 0 Å². The van der Waals surface area contributed by atoms with Gasteiger partial charge in [-0.1, -0.05) is 103 Å². The van der Waals surface area contributed by atoms with Crippen LogP contribution in [0.15, 0.2) is 146 Å². The van der Waals surface area contributed by atoms with Crippen LogP contribution < -0.4 is 4.90 Å². The van der Waals surface area contributed by atoms with Crippen LogP contribution in [0, 0.1) is 6.92 Å². The lowest BCUT2D eigenvalue weighted by atomic mass is 9.88. The second-order valence-electron chi connectivity index (χ2n) is 9.84. The van der Waals surface area contributed by atoms with Crippen molar-refractivity contribution in [3.63, 3.8) is 0 Å². The van der Waals surface area contributed by atoms with Gasteiger partial charge in [0.05, 0.1) is 0 Å². The van der Waals surface area contributed by atoms with Crippen LogP contribution in [0.25, 0.3) is 43.4 Å². The van der Waals surface area contributed by atoms with Crippen molar-refractivity contribution in [2.45, 2.75) is 6.92 Å². The number of rotatable bonds is 4. The number of anilines is 3. The highest BCUT2D eigenvalue weighted by Gasteiger charge is 2.15. The molecule has 0 aliphatic heterocycles. The van der Waals surface area contributed by atoms with Gasteiger partial charge in [-0.2, -0.15) is 0 Å². The summed E-state index contributed by atoms with van der Waals surface area (Å²) in [5, 5.41) is 7.71. The molecular weight excluding hydrogens is 458 g/mol. The Bertz CT molecular complexity index is 1820. The zero-order chi connectivity index (χ0) is 25.5. The summed E-state index contributed by atoms with van der Waals surface area (Å²) < 4.78 is 0. The quantitative estimate of drug-likeness (QED) is 0.224. The predicted molar refractivity (Wildman–Crippen MR) is 164 cm³/mol. The molecule has 7 aromatic carbocycles. The van der Waals surface area contributed by atoms with Gasteiger partial charge in [-0.3, -0.25) is 0 Å². The fourth-order valence-corrected chi connectivity index (χ4v) is 5.79. The molecule has 0 saturated carbocycles. The van der Waals surface area contributed by atoms with Crippen LogP contribution in [0.1, 0.15) is 5.56 Å². The Morgan fingerprint density at radius 2 is 0.868 bits per heavy atom. The van der Waals surface area contributed by atoms with E-state index in [1.165, 1.54) is 49.0 Å². The van der Waals surface area contributed by atoms with E-state index in [9.17, 15) is 0 Å². The Hall–Kier alpha value is -4.88. The molecule has 0 aliphatic rings. The molecule has 7 aromatic rings. The Morgan fingerprint density at radius 1 is 0.395 bits per heavy atom. The van der Waals surface area contributed by atoms with Crippen LogP contribution in [0.5, 0.6) is 0 Å². The molecule has 1 nitrogen and oxygen atoms in total. The lowest BCUT2D eigenvalue weighted by Crippen LogP contribution is -2.09. The molecule has 0 bridgehead atoms. The van der Waals surface area contributed by atoms with Gasteiger partial charge in [0, 0.05) is 17.1 Å². The van der Waals surface area contributed by atoms with E-state index in [4.69, 9.17) is 0 Å². The highest BCUT2D eigenvalue weighted by atomic mass is 15.1. The summed E-state index contributed by atoms with van der Waals surface area (Å²) in [5.41, 5.74) is 7.34. The number of para-hydroxylation sites is 2. The van der Waals surface area contributed by atoms with Crippen LogP contribution in [0.2, 0.25) is 0 Å². The second kappa shape index (κ2) is 9.21. The number of benzene rings is 7. The number of hydrogen-bond donors (Lipinski definition) is 0. The minimum absolute atomic E-state index is 1.15. The molecule has 180 valence electrons. The van der Waals surface area contributed by atoms with Gasteiger partial charge in [-0.15, -0.1) is 0 Å². The molecule has 0 amide bonds. The standard InChI is InChI=1S/C37H27N/c1-26-33-16-8-10-18-35(33)37(36-19-11-9-17-34(26)36)29-21-20-28-25-32(23-22-27(28)24-29)38(30-12-4-2-5-13-30)31-14-6-3-7-15-31/h2-25H,1H3. The number of hydrogen-bond acceptors (Lipinski definition) is 1. The van der Waals surface area contributed by atoms with Gasteiger partial charge in [0.2, 0.25) is 0 Å². The normalized spacial score (nSPS) is 11.3. The van der Waals surface area contributed by atoms with Crippen molar-refractivity contribution in [2.75, 3.05) is 4.90 Å². The third-order valence-corrected chi connectivity index (χ3v) is 7.60. The van der Waals surface area contributed by atoms with Crippen molar-refractivity contribution >= 4 is 49.4 Å². The molecule has 38 heavy (non-hydrogen) atoms. The Morgan fingerprint density at radius 3 is 1.45 bits per heavy atom. The molecule has 0 saturated heterocycles. The van der Waals surface area contributed by atoms with Gasteiger partial charge in [0.25, 0.3) is 0 Å². The fraction of sp³-hybridized carbons (Fsp3) is 0.0270. The van der Waals surface area contributed by atoms with E-state index in [1.807, 2.05) is 0 Å². The van der Waals surface area contributed by atoms with Gasteiger partial charge >= 0.3 is 0 Å². The van der Waals surface area contributed by atoms with Crippen molar-refractivity contribution in [2.24, 2.45) is 0 Å². The van der Waals surface area contributed by atoms with Gasteiger partial charge in [0.15, 0.2) is 0 Å². The summed E-state index contributed by atoms with van der Waals surface area (Å²) in [5.74, 6) is 0. The molecule has 0 heterocycles. The van der Waals surface area contributed by atoms with Crippen molar-refractivity contribution in [1.29, 1.82) is 0 Å². The molecule has 7 rings (SSSR count). The van der Waals surface area contributed by atoms with E-state index in [2.05, 4.69) is 157 Å². The van der Waals surface area contributed by atoms with Crippen LogP contribution >= 0.6 is 0 Å². The molecule has 0 spiro atoms.